The van der Waals surface area contributed by atoms with E-state index >= 15 is 0 Å². The predicted molar refractivity (Wildman–Crippen MR) is 117 cm³/mol. The Morgan fingerprint density at radius 3 is 2.60 bits per heavy atom. The Morgan fingerprint density at radius 1 is 1.10 bits per heavy atom. The molecule has 1 N–H and O–H groups in total. The molecule has 0 bridgehead atoms. The standard InChI is InChI=1S/C24H28N4O2/c1-16-17(2)26-22(18(3)25-16)15-28-12-4-6-20(14-28)24(29)27-21-10-8-19(9-11-21)23-7-5-13-30-23/h5,7-11,13,20H,4,6,12,14-15H2,1-3H3,(H,27,29)/t20-/m0/s1. The number of amides is 1. The summed E-state index contributed by atoms with van der Waals surface area (Å²) in [7, 11) is 0. The first-order chi connectivity index (χ1) is 14.5. The van der Waals surface area contributed by atoms with Crippen molar-refractivity contribution in [2.75, 3.05) is 18.4 Å². The normalized spacial score (nSPS) is 17.1. The van der Waals surface area contributed by atoms with Crippen LogP contribution in [0.25, 0.3) is 11.3 Å². The lowest BCUT2D eigenvalue weighted by molar-refractivity contribution is -0.121. The lowest BCUT2D eigenvalue weighted by Gasteiger charge is -2.32. The first kappa shape index (κ1) is 20.3. The van der Waals surface area contributed by atoms with Crippen molar-refractivity contribution in [1.82, 2.24) is 14.9 Å². The molecular weight excluding hydrogens is 376 g/mol. The van der Waals surface area contributed by atoms with E-state index in [0.29, 0.717) is 0 Å². The summed E-state index contributed by atoms with van der Waals surface area (Å²) in [6, 6.07) is 11.6. The first-order valence-electron chi connectivity index (χ1n) is 10.5. The Hall–Kier alpha value is -2.99. The molecule has 1 fully saturated rings. The van der Waals surface area contributed by atoms with E-state index in [0.717, 1.165) is 72.3 Å². The number of anilines is 1. The van der Waals surface area contributed by atoms with Crippen molar-refractivity contribution in [1.29, 1.82) is 0 Å². The molecule has 2 aromatic heterocycles. The third kappa shape index (κ3) is 4.60. The van der Waals surface area contributed by atoms with Crippen molar-refractivity contribution in [2.45, 2.75) is 40.2 Å². The van der Waals surface area contributed by atoms with E-state index in [1.54, 1.807) is 6.26 Å². The second-order valence-electron chi connectivity index (χ2n) is 8.04. The minimum Gasteiger partial charge on any atom is -0.464 e. The summed E-state index contributed by atoms with van der Waals surface area (Å²) < 4.78 is 5.42. The van der Waals surface area contributed by atoms with Crippen LogP contribution in [0.2, 0.25) is 0 Å². The predicted octanol–water partition coefficient (Wildman–Crippen LogP) is 4.51. The van der Waals surface area contributed by atoms with Gasteiger partial charge in [0.2, 0.25) is 5.91 Å². The van der Waals surface area contributed by atoms with Gasteiger partial charge in [-0.2, -0.15) is 0 Å². The molecule has 156 valence electrons. The summed E-state index contributed by atoms with van der Waals surface area (Å²) in [6.07, 6.45) is 3.57. The van der Waals surface area contributed by atoms with Gasteiger partial charge in [0.05, 0.1) is 35.0 Å². The van der Waals surface area contributed by atoms with Gasteiger partial charge < -0.3 is 9.73 Å². The number of benzene rings is 1. The van der Waals surface area contributed by atoms with Crippen LogP contribution in [0, 0.1) is 26.7 Å². The number of likely N-dealkylation sites (tertiary alicyclic amines) is 1. The van der Waals surface area contributed by atoms with E-state index in [4.69, 9.17) is 9.40 Å². The highest BCUT2D eigenvalue weighted by Gasteiger charge is 2.26. The molecule has 1 aliphatic heterocycles. The average molecular weight is 405 g/mol. The van der Waals surface area contributed by atoms with Gasteiger partial charge in [-0.25, -0.2) is 0 Å². The van der Waals surface area contributed by atoms with Crippen LogP contribution in [0.3, 0.4) is 0 Å². The van der Waals surface area contributed by atoms with Gasteiger partial charge in [0.1, 0.15) is 5.76 Å². The molecule has 0 aliphatic carbocycles. The number of nitrogens with zero attached hydrogens (tertiary/aromatic N) is 3. The van der Waals surface area contributed by atoms with Crippen LogP contribution >= 0.6 is 0 Å². The van der Waals surface area contributed by atoms with E-state index in [1.165, 1.54) is 0 Å². The zero-order valence-corrected chi connectivity index (χ0v) is 17.8. The van der Waals surface area contributed by atoms with Crippen molar-refractivity contribution in [3.63, 3.8) is 0 Å². The molecule has 3 aromatic rings. The lowest BCUT2D eigenvalue weighted by Crippen LogP contribution is -2.40. The largest absolute Gasteiger partial charge is 0.464 e. The van der Waals surface area contributed by atoms with Gasteiger partial charge >= 0.3 is 0 Å². The van der Waals surface area contributed by atoms with Gasteiger partial charge in [-0.3, -0.25) is 19.7 Å². The molecule has 3 heterocycles. The van der Waals surface area contributed by atoms with Crippen molar-refractivity contribution in [3.05, 3.63) is 65.4 Å². The minimum atomic E-state index is -0.0247. The van der Waals surface area contributed by atoms with Crippen molar-refractivity contribution >= 4 is 11.6 Å². The number of carbonyl (C=O) groups excluding carboxylic acids is 1. The van der Waals surface area contributed by atoms with Gasteiger partial charge in [0.25, 0.3) is 0 Å². The van der Waals surface area contributed by atoms with Gasteiger partial charge in [-0.05, 0) is 76.6 Å². The zero-order valence-electron chi connectivity index (χ0n) is 17.8. The molecule has 1 atom stereocenters. The molecule has 6 heteroatoms. The van der Waals surface area contributed by atoms with E-state index < -0.39 is 0 Å². The molecule has 6 nitrogen and oxygen atoms in total. The molecule has 0 unspecified atom stereocenters. The van der Waals surface area contributed by atoms with Crippen LogP contribution in [0.15, 0.2) is 47.1 Å². The Balaban J connectivity index is 1.37. The average Bonchev–Trinajstić information content (AvgIpc) is 3.28. The Morgan fingerprint density at radius 2 is 1.87 bits per heavy atom. The maximum absolute atomic E-state index is 12.9. The number of hydrogen-bond acceptors (Lipinski definition) is 5. The summed E-state index contributed by atoms with van der Waals surface area (Å²) in [6.45, 7) is 8.45. The highest BCUT2D eigenvalue weighted by Crippen LogP contribution is 2.24. The number of aryl methyl sites for hydroxylation is 3. The van der Waals surface area contributed by atoms with Gasteiger partial charge in [0, 0.05) is 24.3 Å². The Labute approximate surface area is 177 Å². The number of carbonyl (C=O) groups is 1. The van der Waals surface area contributed by atoms with E-state index in [9.17, 15) is 4.79 Å². The van der Waals surface area contributed by atoms with Crippen LogP contribution in [-0.2, 0) is 11.3 Å². The molecule has 1 aromatic carbocycles. The second-order valence-corrected chi connectivity index (χ2v) is 8.04. The summed E-state index contributed by atoms with van der Waals surface area (Å²) in [5, 5.41) is 3.07. The van der Waals surface area contributed by atoms with Crippen LogP contribution in [-0.4, -0.2) is 33.9 Å². The summed E-state index contributed by atoms with van der Waals surface area (Å²) in [5.41, 5.74) is 5.73. The van der Waals surface area contributed by atoms with Crippen molar-refractivity contribution in [2.24, 2.45) is 5.92 Å². The molecule has 0 saturated carbocycles. The zero-order chi connectivity index (χ0) is 21.1. The highest BCUT2D eigenvalue weighted by molar-refractivity contribution is 5.93. The molecule has 1 amide bonds. The SMILES string of the molecule is Cc1nc(C)c(CN2CCC[C@H](C(=O)Nc3ccc(-c4ccco4)cc3)C2)nc1C. The third-order valence-corrected chi connectivity index (χ3v) is 5.79. The monoisotopic (exact) mass is 404 g/mol. The van der Waals surface area contributed by atoms with Crippen LogP contribution in [0.1, 0.15) is 35.6 Å². The second kappa shape index (κ2) is 8.79. The van der Waals surface area contributed by atoms with E-state index in [-0.39, 0.29) is 11.8 Å². The smallest absolute Gasteiger partial charge is 0.228 e. The molecule has 30 heavy (non-hydrogen) atoms. The summed E-state index contributed by atoms with van der Waals surface area (Å²) in [4.78, 5) is 24.5. The maximum atomic E-state index is 12.9. The van der Waals surface area contributed by atoms with Gasteiger partial charge in [-0.1, -0.05) is 0 Å². The van der Waals surface area contributed by atoms with E-state index in [1.807, 2.05) is 57.2 Å². The van der Waals surface area contributed by atoms with E-state index in [2.05, 4.69) is 15.2 Å². The van der Waals surface area contributed by atoms with Crippen molar-refractivity contribution in [3.8, 4) is 11.3 Å². The van der Waals surface area contributed by atoms with Gasteiger partial charge in [-0.15, -0.1) is 0 Å². The lowest BCUT2D eigenvalue weighted by atomic mass is 9.96. The number of hydrogen-bond donors (Lipinski definition) is 1. The molecule has 1 aliphatic rings. The molecule has 4 rings (SSSR count). The molecule has 0 radical (unpaired) electrons. The quantitative estimate of drug-likeness (QED) is 0.677. The minimum absolute atomic E-state index is 0.0247. The number of furan rings is 1. The number of nitrogens with one attached hydrogen (secondary N) is 1. The number of aromatic nitrogens is 2. The van der Waals surface area contributed by atoms with Crippen LogP contribution < -0.4 is 5.32 Å². The number of piperidine rings is 1. The fraction of sp³-hybridized carbons (Fsp3) is 0.375. The summed E-state index contributed by atoms with van der Waals surface area (Å²) in [5.74, 6) is 0.872. The van der Waals surface area contributed by atoms with Crippen LogP contribution in [0.5, 0.6) is 0 Å². The Bertz CT molecular complexity index is 1010. The maximum Gasteiger partial charge on any atom is 0.228 e. The highest BCUT2D eigenvalue weighted by atomic mass is 16.3. The fourth-order valence-electron chi connectivity index (χ4n) is 3.94. The topological polar surface area (TPSA) is 71.3 Å². The molecule has 1 saturated heterocycles. The van der Waals surface area contributed by atoms with Crippen LogP contribution in [0.4, 0.5) is 5.69 Å². The molecular formula is C24H28N4O2. The molecule has 0 spiro atoms. The third-order valence-electron chi connectivity index (χ3n) is 5.79. The fourth-order valence-corrected chi connectivity index (χ4v) is 3.94. The summed E-state index contributed by atoms with van der Waals surface area (Å²) >= 11 is 0. The van der Waals surface area contributed by atoms with Crippen molar-refractivity contribution < 1.29 is 9.21 Å². The number of rotatable bonds is 5. The Kier molecular flexibility index (Phi) is 5.95. The van der Waals surface area contributed by atoms with Gasteiger partial charge in [0.15, 0.2) is 0 Å². The first-order valence-corrected chi connectivity index (χ1v) is 10.5.